The Balaban J connectivity index is 1.97. The number of carbonyl (C=O) groups is 1. The summed E-state index contributed by atoms with van der Waals surface area (Å²) in [5.41, 5.74) is 4.94. The van der Waals surface area contributed by atoms with Gasteiger partial charge in [0.1, 0.15) is 0 Å². The number of rotatable bonds is 2. The molecule has 90 valence electrons. The molecule has 1 aliphatic rings. The summed E-state index contributed by atoms with van der Waals surface area (Å²) >= 11 is 0. The fourth-order valence-electron chi connectivity index (χ4n) is 2.42. The second-order valence-electron chi connectivity index (χ2n) is 4.57. The molecule has 0 spiro atoms. The number of hydrogen-bond donors (Lipinski definition) is 1. The Hall–Kier alpha value is -2.16. The van der Waals surface area contributed by atoms with Crippen molar-refractivity contribution in [3.8, 4) is 11.3 Å². The quantitative estimate of drug-likeness (QED) is 0.876. The molecular formula is C15H13NO2. The zero-order chi connectivity index (χ0) is 12.5. The van der Waals surface area contributed by atoms with E-state index in [4.69, 9.17) is 5.11 Å². The Kier molecular flexibility index (Phi) is 2.59. The third-order valence-corrected chi connectivity index (χ3v) is 3.40. The summed E-state index contributed by atoms with van der Waals surface area (Å²) in [7, 11) is 0. The zero-order valence-electron chi connectivity index (χ0n) is 9.89. The number of carboxylic acid groups (broad SMARTS) is 1. The van der Waals surface area contributed by atoms with E-state index in [-0.39, 0.29) is 5.56 Å². The van der Waals surface area contributed by atoms with Crippen molar-refractivity contribution in [2.75, 3.05) is 0 Å². The van der Waals surface area contributed by atoms with Gasteiger partial charge in [-0.25, -0.2) is 4.79 Å². The molecule has 2 aromatic rings. The molecule has 0 unspecified atom stereocenters. The van der Waals surface area contributed by atoms with Crippen LogP contribution in [0.3, 0.4) is 0 Å². The highest BCUT2D eigenvalue weighted by atomic mass is 16.4. The Morgan fingerprint density at radius 2 is 1.94 bits per heavy atom. The Morgan fingerprint density at radius 3 is 2.67 bits per heavy atom. The van der Waals surface area contributed by atoms with Crippen LogP contribution < -0.4 is 0 Å². The molecule has 0 saturated heterocycles. The summed E-state index contributed by atoms with van der Waals surface area (Å²) in [6.07, 6.45) is 4.94. The van der Waals surface area contributed by atoms with E-state index in [0.717, 1.165) is 17.7 Å². The predicted octanol–water partition coefficient (Wildman–Crippen LogP) is 2.94. The largest absolute Gasteiger partial charge is 0.478 e. The number of benzene rings is 1. The van der Waals surface area contributed by atoms with E-state index in [0.29, 0.717) is 0 Å². The van der Waals surface area contributed by atoms with E-state index in [9.17, 15) is 4.79 Å². The number of pyridine rings is 1. The van der Waals surface area contributed by atoms with E-state index in [1.165, 1.54) is 30.2 Å². The van der Waals surface area contributed by atoms with Crippen molar-refractivity contribution in [1.29, 1.82) is 0 Å². The zero-order valence-corrected chi connectivity index (χ0v) is 9.89. The van der Waals surface area contributed by atoms with Crippen molar-refractivity contribution in [1.82, 2.24) is 4.98 Å². The van der Waals surface area contributed by atoms with Gasteiger partial charge < -0.3 is 5.11 Å². The molecule has 0 bridgehead atoms. The molecule has 3 heteroatoms. The maximum absolute atomic E-state index is 10.8. The van der Waals surface area contributed by atoms with E-state index in [2.05, 4.69) is 23.2 Å². The molecule has 0 atom stereocenters. The van der Waals surface area contributed by atoms with Crippen molar-refractivity contribution in [3.05, 3.63) is 53.2 Å². The minimum Gasteiger partial charge on any atom is -0.478 e. The smallest absolute Gasteiger partial charge is 0.337 e. The molecule has 1 N–H and O–H groups in total. The highest BCUT2D eigenvalue weighted by Gasteiger charge is 2.12. The molecule has 3 nitrogen and oxygen atoms in total. The van der Waals surface area contributed by atoms with Gasteiger partial charge in [0.05, 0.1) is 11.3 Å². The van der Waals surface area contributed by atoms with E-state index < -0.39 is 5.97 Å². The molecule has 0 amide bonds. The molecule has 1 heterocycles. The number of nitrogens with zero attached hydrogens (tertiary/aromatic N) is 1. The van der Waals surface area contributed by atoms with Crippen LogP contribution in [0.4, 0.5) is 0 Å². The third kappa shape index (κ3) is 1.88. The topological polar surface area (TPSA) is 50.2 Å². The maximum atomic E-state index is 10.8. The van der Waals surface area contributed by atoms with E-state index in [1.807, 2.05) is 0 Å². The van der Waals surface area contributed by atoms with Crippen LogP contribution in [0.15, 0.2) is 36.5 Å². The van der Waals surface area contributed by atoms with Crippen LogP contribution in [0.5, 0.6) is 0 Å². The first-order chi connectivity index (χ1) is 8.74. The average Bonchev–Trinajstić information content (AvgIpc) is 2.86. The third-order valence-electron chi connectivity index (χ3n) is 3.40. The van der Waals surface area contributed by atoms with Crippen LogP contribution in [0.1, 0.15) is 27.9 Å². The van der Waals surface area contributed by atoms with Gasteiger partial charge in [-0.05, 0) is 48.6 Å². The molecule has 1 aromatic heterocycles. The van der Waals surface area contributed by atoms with Crippen LogP contribution in [-0.4, -0.2) is 16.1 Å². The SMILES string of the molecule is O=C(O)c1ccc(-c2ccc3c(c2)CCC3)nc1. The normalized spacial score (nSPS) is 13.3. The van der Waals surface area contributed by atoms with Crippen LogP contribution in [0.25, 0.3) is 11.3 Å². The van der Waals surface area contributed by atoms with E-state index in [1.54, 1.807) is 12.1 Å². The lowest BCUT2D eigenvalue weighted by molar-refractivity contribution is 0.0696. The van der Waals surface area contributed by atoms with Gasteiger partial charge in [0.25, 0.3) is 0 Å². The first-order valence-corrected chi connectivity index (χ1v) is 6.05. The highest BCUT2D eigenvalue weighted by Crippen LogP contribution is 2.27. The second kappa shape index (κ2) is 4.26. The highest BCUT2D eigenvalue weighted by molar-refractivity contribution is 5.87. The predicted molar refractivity (Wildman–Crippen MR) is 68.7 cm³/mol. The van der Waals surface area contributed by atoms with Crippen molar-refractivity contribution >= 4 is 5.97 Å². The molecule has 0 aliphatic heterocycles. The van der Waals surface area contributed by atoms with Crippen molar-refractivity contribution in [3.63, 3.8) is 0 Å². The summed E-state index contributed by atoms with van der Waals surface area (Å²) < 4.78 is 0. The van der Waals surface area contributed by atoms with Gasteiger partial charge in [0.15, 0.2) is 0 Å². The Morgan fingerprint density at radius 1 is 1.11 bits per heavy atom. The number of aromatic carboxylic acids is 1. The molecular weight excluding hydrogens is 226 g/mol. The monoisotopic (exact) mass is 239 g/mol. The Bertz CT molecular complexity index is 602. The van der Waals surface area contributed by atoms with Crippen LogP contribution in [0, 0.1) is 0 Å². The van der Waals surface area contributed by atoms with Gasteiger partial charge in [0, 0.05) is 11.8 Å². The molecule has 0 fully saturated rings. The fourth-order valence-corrected chi connectivity index (χ4v) is 2.42. The van der Waals surface area contributed by atoms with Gasteiger partial charge in [-0.1, -0.05) is 12.1 Å². The summed E-state index contributed by atoms with van der Waals surface area (Å²) in [5.74, 6) is -0.942. The molecule has 3 rings (SSSR count). The van der Waals surface area contributed by atoms with Gasteiger partial charge in [-0.2, -0.15) is 0 Å². The average molecular weight is 239 g/mol. The summed E-state index contributed by atoms with van der Waals surface area (Å²) in [6.45, 7) is 0. The second-order valence-corrected chi connectivity index (χ2v) is 4.57. The number of aromatic nitrogens is 1. The summed E-state index contributed by atoms with van der Waals surface area (Å²) in [5, 5.41) is 8.83. The van der Waals surface area contributed by atoms with Crippen LogP contribution >= 0.6 is 0 Å². The number of aryl methyl sites for hydroxylation is 2. The van der Waals surface area contributed by atoms with Crippen molar-refractivity contribution in [2.24, 2.45) is 0 Å². The lowest BCUT2D eigenvalue weighted by atomic mass is 10.0. The van der Waals surface area contributed by atoms with E-state index >= 15 is 0 Å². The standard InChI is InChI=1S/C15H13NO2/c17-15(18)13-6-7-14(16-9-13)12-5-4-10-2-1-3-11(10)8-12/h4-9H,1-3H2,(H,17,18). The first-order valence-electron chi connectivity index (χ1n) is 6.05. The fraction of sp³-hybridized carbons (Fsp3) is 0.200. The number of hydrogen-bond acceptors (Lipinski definition) is 2. The van der Waals surface area contributed by atoms with Crippen molar-refractivity contribution in [2.45, 2.75) is 19.3 Å². The van der Waals surface area contributed by atoms with Gasteiger partial charge in [-0.3, -0.25) is 4.98 Å². The van der Waals surface area contributed by atoms with Crippen molar-refractivity contribution < 1.29 is 9.90 Å². The minimum atomic E-state index is -0.942. The number of fused-ring (bicyclic) bond motifs is 1. The Labute approximate surface area is 105 Å². The van der Waals surface area contributed by atoms with Crippen LogP contribution in [-0.2, 0) is 12.8 Å². The van der Waals surface area contributed by atoms with Crippen LogP contribution in [0.2, 0.25) is 0 Å². The maximum Gasteiger partial charge on any atom is 0.337 e. The molecule has 1 aromatic carbocycles. The van der Waals surface area contributed by atoms with Gasteiger partial charge in [0.2, 0.25) is 0 Å². The lowest BCUT2D eigenvalue weighted by Crippen LogP contribution is -1.97. The first kappa shape index (κ1) is 11.0. The molecule has 1 aliphatic carbocycles. The molecule has 0 saturated carbocycles. The van der Waals surface area contributed by atoms with Gasteiger partial charge >= 0.3 is 5.97 Å². The van der Waals surface area contributed by atoms with Gasteiger partial charge in [-0.15, -0.1) is 0 Å². The summed E-state index contributed by atoms with van der Waals surface area (Å²) in [4.78, 5) is 15.0. The summed E-state index contributed by atoms with van der Waals surface area (Å²) in [6, 6.07) is 9.75. The molecule has 18 heavy (non-hydrogen) atoms. The lowest BCUT2D eigenvalue weighted by Gasteiger charge is -2.04. The minimum absolute atomic E-state index is 0.222. The number of carboxylic acids is 1. The molecule has 0 radical (unpaired) electrons.